The molecule has 2 unspecified atom stereocenters. The van der Waals surface area contributed by atoms with E-state index in [-0.39, 0.29) is 0 Å². The molecule has 3 nitrogen and oxygen atoms in total. The lowest BCUT2D eigenvalue weighted by atomic mass is 9.78. The van der Waals surface area contributed by atoms with Gasteiger partial charge in [0.25, 0.3) is 10.1 Å². The van der Waals surface area contributed by atoms with Crippen molar-refractivity contribution >= 4 is 10.1 Å². The third-order valence-electron chi connectivity index (χ3n) is 4.14. The van der Waals surface area contributed by atoms with Crippen molar-refractivity contribution in [3.63, 3.8) is 0 Å². The van der Waals surface area contributed by atoms with Crippen LogP contribution in [0.1, 0.15) is 65.2 Å². The Bertz CT molecular complexity index is 310. The molecule has 96 valence electrons. The quantitative estimate of drug-likeness (QED) is 0.762. The van der Waals surface area contributed by atoms with E-state index >= 15 is 0 Å². The molecule has 1 rings (SSSR count). The van der Waals surface area contributed by atoms with Crippen LogP contribution in [0.3, 0.4) is 0 Å². The largest absolute Gasteiger partial charge is 0.285 e. The molecule has 0 aromatic heterocycles. The molecule has 0 aliphatic heterocycles. The molecule has 1 saturated carbocycles. The Labute approximate surface area is 99.4 Å². The van der Waals surface area contributed by atoms with Gasteiger partial charge in [0.1, 0.15) is 0 Å². The Hall–Kier alpha value is -0.0900. The molecule has 2 atom stereocenters. The van der Waals surface area contributed by atoms with E-state index in [2.05, 4.69) is 13.8 Å². The van der Waals surface area contributed by atoms with Crippen LogP contribution in [-0.4, -0.2) is 18.2 Å². The van der Waals surface area contributed by atoms with E-state index in [1.54, 1.807) is 0 Å². The highest BCUT2D eigenvalue weighted by molar-refractivity contribution is 7.86. The van der Waals surface area contributed by atoms with E-state index in [0.717, 1.165) is 32.1 Å². The molecule has 0 heterocycles. The average molecular weight is 248 g/mol. The Kier molecular flexibility index (Phi) is 4.80. The van der Waals surface area contributed by atoms with E-state index in [4.69, 9.17) is 4.55 Å². The molecule has 0 spiro atoms. The molecule has 1 aliphatic rings. The maximum Gasteiger partial charge on any atom is 0.267 e. The summed E-state index contributed by atoms with van der Waals surface area (Å²) in [6.07, 6.45) is 7.57. The first-order valence-electron chi connectivity index (χ1n) is 6.34. The molecule has 0 amide bonds. The molecule has 4 heteroatoms. The van der Waals surface area contributed by atoms with Gasteiger partial charge in [-0.1, -0.05) is 39.5 Å². The minimum absolute atomic E-state index is 0.369. The van der Waals surface area contributed by atoms with Gasteiger partial charge in [0, 0.05) is 0 Å². The summed E-state index contributed by atoms with van der Waals surface area (Å²) in [4.78, 5) is 0. The summed E-state index contributed by atoms with van der Waals surface area (Å²) >= 11 is 0. The average Bonchev–Trinajstić information content (AvgIpc) is 2.28. The molecule has 0 radical (unpaired) electrons. The van der Waals surface area contributed by atoms with Crippen LogP contribution in [0.25, 0.3) is 0 Å². The summed E-state index contributed by atoms with van der Waals surface area (Å²) in [5.41, 5.74) is 0.369. The van der Waals surface area contributed by atoms with Gasteiger partial charge in [0.15, 0.2) is 0 Å². The van der Waals surface area contributed by atoms with E-state index in [0.29, 0.717) is 18.3 Å². The van der Waals surface area contributed by atoms with Crippen molar-refractivity contribution in [2.24, 2.45) is 5.41 Å². The minimum Gasteiger partial charge on any atom is -0.285 e. The zero-order valence-corrected chi connectivity index (χ0v) is 11.2. The number of hydrogen-bond donors (Lipinski definition) is 1. The first kappa shape index (κ1) is 14.0. The highest BCUT2D eigenvalue weighted by Crippen LogP contribution is 2.36. The van der Waals surface area contributed by atoms with Crippen molar-refractivity contribution < 1.29 is 13.0 Å². The SMILES string of the molecule is CCC1(C)CCCCC(S(=O)(=O)O)CCC1. The fourth-order valence-corrected chi connectivity index (χ4v) is 3.53. The molecule has 16 heavy (non-hydrogen) atoms. The van der Waals surface area contributed by atoms with Gasteiger partial charge < -0.3 is 0 Å². The summed E-state index contributed by atoms with van der Waals surface area (Å²) in [6, 6.07) is 0. The highest BCUT2D eigenvalue weighted by atomic mass is 32.2. The molecule has 1 fully saturated rings. The zero-order chi connectivity index (χ0) is 12.2. The Morgan fingerprint density at radius 2 is 1.75 bits per heavy atom. The topological polar surface area (TPSA) is 54.4 Å². The molecule has 0 bridgehead atoms. The summed E-state index contributed by atoms with van der Waals surface area (Å²) in [5, 5.41) is -0.522. The van der Waals surface area contributed by atoms with Gasteiger partial charge in [-0.2, -0.15) is 8.42 Å². The second kappa shape index (κ2) is 5.50. The van der Waals surface area contributed by atoms with Gasteiger partial charge in [-0.25, -0.2) is 0 Å². The molecular weight excluding hydrogens is 224 g/mol. The molecule has 0 saturated heterocycles. The van der Waals surface area contributed by atoms with Crippen LogP contribution in [0, 0.1) is 5.41 Å². The maximum absolute atomic E-state index is 11.2. The number of hydrogen-bond acceptors (Lipinski definition) is 2. The lowest BCUT2D eigenvalue weighted by Crippen LogP contribution is -2.20. The van der Waals surface area contributed by atoms with Gasteiger partial charge in [-0.05, 0) is 31.1 Å². The minimum atomic E-state index is -3.83. The molecule has 1 N–H and O–H groups in total. The predicted molar refractivity (Wildman–Crippen MR) is 66.1 cm³/mol. The van der Waals surface area contributed by atoms with Gasteiger partial charge in [-0.15, -0.1) is 0 Å². The Balaban J connectivity index is 2.63. The van der Waals surface area contributed by atoms with E-state index in [9.17, 15) is 8.42 Å². The summed E-state index contributed by atoms with van der Waals surface area (Å²) in [6.45, 7) is 4.50. The van der Waals surface area contributed by atoms with E-state index in [1.807, 2.05) is 0 Å². The van der Waals surface area contributed by atoms with Crippen LogP contribution in [0.2, 0.25) is 0 Å². The molecular formula is C12H24O3S. The Morgan fingerprint density at radius 1 is 1.19 bits per heavy atom. The van der Waals surface area contributed by atoms with Crippen LogP contribution in [0.15, 0.2) is 0 Å². The van der Waals surface area contributed by atoms with Crippen molar-refractivity contribution in [1.29, 1.82) is 0 Å². The first-order chi connectivity index (χ1) is 7.37. The summed E-state index contributed by atoms with van der Waals surface area (Å²) in [5.74, 6) is 0. The molecule has 0 aromatic carbocycles. The van der Waals surface area contributed by atoms with Gasteiger partial charge >= 0.3 is 0 Å². The lowest BCUT2D eigenvalue weighted by molar-refractivity contribution is 0.249. The monoisotopic (exact) mass is 248 g/mol. The van der Waals surface area contributed by atoms with E-state index in [1.165, 1.54) is 6.42 Å². The van der Waals surface area contributed by atoms with Crippen LogP contribution in [0.4, 0.5) is 0 Å². The van der Waals surface area contributed by atoms with Gasteiger partial charge in [0.05, 0.1) is 5.25 Å². The fourth-order valence-electron chi connectivity index (χ4n) is 2.60. The highest BCUT2D eigenvalue weighted by Gasteiger charge is 2.27. The van der Waals surface area contributed by atoms with Crippen molar-refractivity contribution in [3.8, 4) is 0 Å². The normalized spacial score (nSPS) is 33.8. The molecule has 1 aliphatic carbocycles. The van der Waals surface area contributed by atoms with E-state index < -0.39 is 15.4 Å². The Morgan fingerprint density at radius 3 is 2.31 bits per heavy atom. The second-order valence-electron chi connectivity index (χ2n) is 5.44. The standard InChI is InChI=1S/C12H24O3S/c1-3-12(2)9-5-4-7-11(8-6-10-12)16(13,14)15/h11H,3-10H2,1-2H3,(H,13,14,15). The third kappa shape index (κ3) is 4.06. The fraction of sp³-hybridized carbons (Fsp3) is 1.00. The molecule has 0 aromatic rings. The predicted octanol–water partition coefficient (Wildman–Crippen LogP) is 3.40. The van der Waals surface area contributed by atoms with Crippen LogP contribution < -0.4 is 0 Å². The van der Waals surface area contributed by atoms with Gasteiger partial charge in [-0.3, -0.25) is 4.55 Å². The lowest BCUT2D eigenvalue weighted by Gasteiger charge is -2.27. The van der Waals surface area contributed by atoms with Crippen molar-refractivity contribution in [3.05, 3.63) is 0 Å². The second-order valence-corrected chi connectivity index (χ2v) is 7.14. The summed E-state index contributed by atoms with van der Waals surface area (Å²) < 4.78 is 31.4. The van der Waals surface area contributed by atoms with Gasteiger partial charge in [0.2, 0.25) is 0 Å². The van der Waals surface area contributed by atoms with Crippen LogP contribution in [0.5, 0.6) is 0 Å². The van der Waals surface area contributed by atoms with Crippen molar-refractivity contribution in [2.75, 3.05) is 0 Å². The number of rotatable bonds is 2. The smallest absolute Gasteiger partial charge is 0.267 e. The van der Waals surface area contributed by atoms with Crippen molar-refractivity contribution in [1.82, 2.24) is 0 Å². The maximum atomic E-state index is 11.2. The van der Waals surface area contributed by atoms with Crippen LogP contribution >= 0.6 is 0 Å². The summed E-state index contributed by atoms with van der Waals surface area (Å²) in [7, 11) is -3.83. The van der Waals surface area contributed by atoms with Crippen LogP contribution in [-0.2, 0) is 10.1 Å². The van der Waals surface area contributed by atoms with Crippen molar-refractivity contribution in [2.45, 2.75) is 70.5 Å². The third-order valence-corrected chi connectivity index (χ3v) is 5.45. The first-order valence-corrected chi connectivity index (χ1v) is 7.84. The zero-order valence-electron chi connectivity index (χ0n) is 10.4.